The zero-order valence-electron chi connectivity index (χ0n) is 30.3. The minimum Gasteiger partial charge on any atom is -0.507 e. The Bertz CT molecular complexity index is 2170. The summed E-state index contributed by atoms with van der Waals surface area (Å²) in [5.74, 6) is 0.979. The Kier molecular flexibility index (Phi) is 17.3. The standard InChI is InChI=1S/2C15H14O3S.C14H12O3S/c1-18-13-4-2-3-5-14(13)19-10-11-6-8-12(9-7-11)15(16)17;16-13-3-1-2-4-14(13)19-10-12-7-5-11(6-8-12)9-15(17)18;15-12-3-1-2-4-13(12)18-9-10-5-7-11(8-6-10)14(16)17/h2-9H,10H2,1H3,(H,16,17);1-8,16H,9-10H2,(H,17,18);1-8,15H,9H2,(H,16,17). The predicted molar refractivity (Wildman–Crippen MR) is 222 cm³/mol. The van der Waals surface area contributed by atoms with Crippen molar-refractivity contribution >= 4 is 53.2 Å². The number of hydrogen-bond donors (Lipinski definition) is 5. The number of aromatic hydroxyl groups is 2. The van der Waals surface area contributed by atoms with E-state index in [4.69, 9.17) is 20.1 Å². The van der Waals surface area contributed by atoms with Crippen LogP contribution in [0.15, 0.2) is 160 Å². The molecule has 0 atom stereocenters. The van der Waals surface area contributed by atoms with Gasteiger partial charge in [-0.3, -0.25) is 4.79 Å². The van der Waals surface area contributed by atoms with E-state index in [9.17, 15) is 24.6 Å². The van der Waals surface area contributed by atoms with E-state index in [1.807, 2.05) is 84.9 Å². The van der Waals surface area contributed by atoms with Gasteiger partial charge in [-0.05, 0) is 82.9 Å². The predicted octanol–water partition coefficient (Wildman–Crippen LogP) is 10.4. The van der Waals surface area contributed by atoms with E-state index in [0.29, 0.717) is 11.3 Å². The molecule has 0 spiro atoms. The zero-order chi connectivity index (χ0) is 40.3. The van der Waals surface area contributed by atoms with Crippen LogP contribution < -0.4 is 4.74 Å². The Hall–Kier alpha value is -5.82. The number of rotatable bonds is 14. The minimum absolute atomic E-state index is 0.0485. The summed E-state index contributed by atoms with van der Waals surface area (Å²) in [5, 5.41) is 45.6. The maximum absolute atomic E-state index is 10.8. The summed E-state index contributed by atoms with van der Waals surface area (Å²) in [4.78, 5) is 34.8. The molecule has 9 nitrogen and oxygen atoms in total. The second kappa shape index (κ2) is 22.5. The van der Waals surface area contributed by atoms with Gasteiger partial charge < -0.3 is 30.3 Å². The molecule has 6 rings (SSSR count). The van der Waals surface area contributed by atoms with E-state index in [0.717, 1.165) is 54.2 Å². The quantitative estimate of drug-likeness (QED) is 0.0663. The molecule has 0 heterocycles. The first-order valence-electron chi connectivity index (χ1n) is 17.0. The number of carboxylic acid groups (broad SMARTS) is 3. The number of aliphatic carboxylic acids is 1. The maximum atomic E-state index is 10.8. The van der Waals surface area contributed by atoms with E-state index >= 15 is 0 Å². The summed E-state index contributed by atoms with van der Waals surface area (Å²) in [6.07, 6.45) is 0.0485. The summed E-state index contributed by atoms with van der Waals surface area (Å²) in [7, 11) is 1.65. The molecule has 0 bridgehead atoms. The molecule has 288 valence electrons. The van der Waals surface area contributed by atoms with Gasteiger partial charge in [-0.25, -0.2) is 9.59 Å². The third kappa shape index (κ3) is 14.4. The van der Waals surface area contributed by atoms with Crippen molar-refractivity contribution in [2.45, 2.75) is 38.4 Å². The fraction of sp³-hybridized carbons (Fsp3) is 0.114. The van der Waals surface area contributed by atoms with Crippen LogP contribution in [0.3, 0.4) is 0 Å². The molecule has 0 saturated heterocycles. The lowest BCUT2D eigenvalue weighted by Crippen LogP contribution is -1.99. The number of para-hydroxylation sites is 3. The van der Waals surface area contributed by atoms with E-state index in [2.05, 4.69) is 0 Å². The molecule has 0 radical (unpaired) electrons. The summed E-state index contributed by atoms with van der Waals surface area (Å²) in [5.41, 5.74) is 4.60. The first kappa shape index (κ1) is 42.9. The molecule has 0 aliphatic carbocycles. The van der Waals surface area contributed by atoms with Gasteiger partial charge in [0, 0.05) is 31.9 Å². The third-order valence-corrected chi connectivity index (χ3v) is 11.2. The second-order valence-electron chi connectivity index (χ2n) is 11.8. The second-order valence-corrected chi connectivity index (χ2v) is 14.9. The van der Waals surface area contributed by atoms with Crippen LogP contribution in [0.4, 0.5) is 0 Å². The van der Waals surface area contributed by atoms with Crippen molar-refractivity contribution in [2.75, 3.05) is 7.11 Å². The first-order valence-corrected chi connectivity index (χ1v) is 20.0. The molecule has 0 aliphatic heterocycles. The van der Waals surface area contributed by atoms with Gasteiger partial charge in [-0.15, -0.1) is 35.3 Å². The summed E-state index contributed by atoms with van der Waals surface area (Å²) in [6.45, 7) is 0. The van der Waals surface area contributed by atoms with Crippen molar-refractivity contribution in [2.24, 2.45) is 0 Å². The van der Waals surface area contributed by atoms with Crippen molar-refractivity contribution in [1.29, 1.82) is 0 Å². The van der Waals surface area contributed by atoms with Gasteiger partial charge in [-0.2, -0.15) is 0 Å². The Morgan fingerprint density at radius 2 is 0.804 bits per heavy atom. The smallest absolute Gasteiger partial charge is 0.335 e. The van der Waals surface area contributed by atoms with Gasteiger partial charge in [-0.1, -0.05) is 84.9 Å². The average molecular weight is 809 g/mol. The SMILES string of the molecule is COc1ccccc1SCc1ccc(C(=O)O)cc1.O=C(O)Cc1ccc(CSc2ccccc2O)cc1.O=C(O)c1ccc(CSc2ccccc2O)cc1. The van der Waals surface area contributed by atoms with Crippen molar-refractivity contribution in [1.82, 2.24) is 0 Å². The minimum atomic E-state index is -0.921. The van der Waals surface area contributed by atoms with Crippen LogP contribution >= 0.6 is 35.3 Å². The fourth-order valence-electron chi connectivity index (χ4n) is 4.79. The van der Waals surface area contributed by atoms with Gasteiger partial charge in [0.25, 0.3) is 0 Å². The number of thioether (sulfide) groups is 3. The fourth-order valence-corrected chi connectivity index (χ4v) is 7.59. The van der Waals surface area contributed by atoms with Crippen LogP contribution in [-0.4, -0.2) is 50.6 Å². The lowest BCUT2D eigenvalue weighted by Gasteiger charge is -2.07. The van der Waals surface area contributed by atoms with Gasteiger partial charge >= 0.3 is 17.9 Å². The third-order valence-electron chi connectivity index (χ3n) is 7.76. The molecule has 0 aromatic heterocycles. The van der Waals surface area contributed by atoms with Crippen molar-refractivity contribution in [3.63, 3.8) is 0 Å². The topological polar surface area (TPSA) is 162 Å². The molecule has 0 unspecified atom stereocenters. The number of phenols is 2. The Morgan fingerprint density at radius 1 is 0.464 bits per heavy atom. The van der Waals surface area contributed by atoms with Gasteiger partial charge in [0.05, 0.1) is 24.7 Å². The monoisotopic (exact) mass is 808 g/mol. The normalized spacial score (nSPS) is 10.2. The maximum Gasteiger partial charge on any atom is 0.335 e. The Balaban J connectivity index is 0.000000187. The molecule has 5 N–H and O–H groups in total. The summed E-state index contributed by atoms with van der Waals surface area (Å²) >= 11 is 4.74. The first-order chi connectivity index (χ1) is 27.0. The Morgan fingerprint density at radius 3 is 1.18 bits per heavy atom. The molecular formula is C44H40O9S3. The van der Waals surface area contributed by atoms with Crippen molar-refractivity contribution in [3.8, 4) is 17.2 Å². The number of methoxy groups -OCH3 is 1. The average Bonchev–Trinajstić information content (AvgIpc) is 3.20. The van der Waals surface area contributed by atoms with Gasteiger partial charge in [0.15, 0.2) is 0 Å². The van der Waals surface area contributed by atoms with Crippen LogP contribution in [0.5, 0.6) is 17.2 Å². The van der Waals surface area contributed by atoms with Crippen LogP contribution in [0.2, 0.25) is 0 Å². The molecule has 0 fully saturated rings. The number of aromatic carboxylic acids is 2. The number of benzene rings is 6. The van der Waals surface area contributed by atoms with E-state index in [1.54, 1.807) is 91.3 Å². The van der Waals surface area contributed by atoms with Crippen LogP contribution in [0.1, 0.15) is 43.0 Å². The number of carboxylic acids is 3. The highest BCUT2D eigenvalue weighted by atomic mass is 32.2. The molecule has 6 aromatic carbocycles. The Labute approximate surface area is 338 Å². The summed E-state index contributed by atoms with van der Waals surface area (Å²) < 4.78 is 5.29. The number of phenolic OH excluding ortho intramolecular Hbond substituents is 2. The molecule has 12 heteroatoms. The molecule has 0 amide bonds. The van der Waals surface area contributed by atoms with Crippen LogP contribution in [0.25, 0.3) is 0 Å². The van der Waals surface area contributed by atoms with Crippen LogP contribution in [-0.2, 0) is 28.5 Å². The molecule has 0 aliphatic rings. The molecule has 0 saturated carbocycles. The van der Waals surface area contributed by atoms with Crippen LogP contribution in [0, 0.1) is 0 Å². The lowest BCUT2D eigenvalue weighted by atomic mass is 10.1. The highest BCUT2D eigenvalue weighted by Gasteiger charge is 2.07. The highest BCUT2D eigenvalue weighted by Crippen LogP contribution is 2.32. The van der Waals surface area contributed by atoms with Gasteiger partial charge in [0.2, 0.25) is 0 Å². The van der Waals surface area contributed by atoms with Crippen molar-refractivity contribution < 1.29 is 44.7 Å². The van der Waals surface area contributed by atoms with E-state index in [-0.39, 0.29) is 23.5 Å². The molecule has 56 heavy (non-hydrogen) atoms. The molecule has 6 aromatic rings. The van der Waals surface area contributed by atoms with Crippen molar-refractivity contribution in [3.05, 3.63) is 179 Å². The molecular weight excluding hydrogens is 769 g/mol. The lowest BCUT2D eigenvalue weighted by molar-refractivity contribution is -0.136. The van der Waals surface area contributed by atoms with Gasteiger partial charge in [0.1, 0.15) is 17.2 Å². The van der Waals surface area contributed by atoms with E-state index < -0.39 is 17.9 Å². The number of carbonyl (C=O) groups is 3. The zero-order valence-corrected chi connectivity index (χ0v) is 32.7. The highest BCUT2D eigenvalue weighted by molar-refractivity contribution is 7.99. The number of hydrogen-bond acceptors (Lipinski definition) is 9. The largest absolute Gasteiger partial charge is 0.507 e. The summed E-state index contributed by atoms with van der Waals surface area (Å²) in [6, 6.07) is 43.4. The number of ether oxygens (including phenoxy) is 1. The van der Waals surface area contributed by atoms with E-state index in [1.165, 1.54) is 11.8 Å².